The number of carbonyl (C=O) groups is 1. The van der Waals surface area contributed by atoms with E-state index in [2.05, 4.69) is 4.74 Å². The molecule has 88 valence electrons. The normalized spacial score (nSPS) is 11.0. The lowest BCUT2D eigenvalue weighted by Gasteiger charge is -2.10. The van der Waals surface area contributed by atoms with Gasteiger partial charge in [-0.1, -0.05) is 0 Å². The predicted molar refractivity (Wildman–Crippen MR) is 49.9 cm³/mol. The maximum absolute atomic E-state index is 11.8. The van der Waals surface area contributed by atoms with Gasteiger partial charge in [0.25, 0.3) is 0 Å². The van der Waals surface area contributed by atoms with Gasteiger partial charge in [-0.05, 0) is 18.2 Å². The minimum Gasteiger partial charge on any atom is -0.496 e. The van der Waals surface area contributed by atoms with Crippen LogP contribution in [-0.2, 0) is 0 Å². The summed E-state index contributed by atoms with van der Waals surface area (Å²) in [5, 5.41) is 0. The molecule has 0 bridgehead atoms. The molecule has 0 N–H and O–H groups in total. The lowest BCUT2D eigenvalue weighted by molar-refractivity contribution is -0.153. The summed E-state index contributed by atoms with van der Waals surface area (Å²) in [6, 6.07) is 3.87. The Morgan fingerprint density at radius 3 is 2.56 bits per heavy atom. The van der Waals surface area contributed by atoms with E-state index in [0.717, 1.165) is 0 Å². The van der Waals surface area contributed by atoms with Crippen molar-refractivity contribution < 1.29 is 27.4 Å². The molecule has 0 atom stereocenters. The monoisotopic (exact) mass is 234 g/mol. The van der Waals surface area contributed by atoms with Crippen LogP contribution >= 0.6 is 0 Å². The average Bonchev–Trinajstić information content (AvgIpc) is 2.25. The third-order valence-corrected chi connectivity index (χ3v) is 1.73. The van der Waals surface area contributed by atoms with Gasteiger partial charge in [0.1, 0.15) is 11.5 Å². The van der Waals surface area contributed by atoms with E-state index < -0.39 is 12.8 Å². The van der Waals surface area contributed by atoms with Gasteiger partial charge in [0, 0.05) is 0 Å². The van der Waals surface area contributed by atoms with E-state index in [4.69, 9.17) is 4.74 Å². The minimum atomic E-state index is -4.40. The second-order valence-corrected chi connectivity index (χ2v) is 2.93. The third-order valence-electron chi connectivity index (χ3n) is 1.73. The molecular formula is C10H9F3O3. The van der Waals surface area contributed by atoms with Crippen LogP contribution in [0.4, 0.5) is 13.2 Å². The number of ether oxygens (including phenoxy) is 2. The lowest BCUT2D eigenvalue weighted by Crippen LogP contribution is -2.19. The highest BCUT2D eigenvalue weighted by molar-refractivity contribution is 5.80. The highest BCUT2D eigenvalue weighted by Gasteiger charge is 2.28. The SMILES string of the molecule is COc1ccc(OCC(F)(F)F)cc1C=O. The molecule has 16 heavy (non-hydrogen) atoms. The number of rotatable bonds is 4. The number of benzene rings is 1. The molecule has 0 unspecified atom stereocenters. The van der Waals surface area contributed by atoms with Gasteiger partial charge in [-0.2, -0.15) is 13.2 Å². The van der Waals surface area contributed by atoms with Crippen LogP contribution in [0.3, 0.4) is 0 Å². The number of alkyl halides is 3. The van der Waals surface area contributed by atoms with E-state index in [9.17, 15) is 18.0 Å². The average molecular weight is 234 g/mol. The van der Waals surface area contributed by atoms with Crippen molar-refractivity contribution in [2.75, 3.05) is 13.7 Å². The standard InChI is InChI=1S/C10H9F3O3/c1-15-9-3-2-8(4-7(9)5-14)16-6-10(11,12)13/h2-5H,6H2,1H3. The number of methoxy groups -OCH3 is 1. The molecule has 0 amide bonds. The van der Waals surface area contributed by atoms with Gasteiger partial charge < -0.3 is 9.47 Å². The van der Waals surface area contributed by atoms with Gasteiger partial charge in [0.2, 0.25) is 0 Å². The molecule has 3 nitrogen and oxygen atoms in total. The fourth-order valence-electron chi connectivity index (χ4n) is 1.06. The minimum absolute atomic E-state index is 0.0276. The van der Waals surface area contributed by atoms with Gasteiger partial charge >= 0.3 is 6.18 Å². The van der Waals surface area contributed by atoms with E-state index in [0.29, 0.717) is 6.29 Å². The zero-order valence-corrected chi connectivity index (χ0v) is 8.38. The summed E-state index contributed by atoms with van der Waals surface area (Å²) < 4.78 is 44.9. The molecule has 0 fully saturated rings. The summed E-state index contributed by atoms with van der Waals surface area (Å²) in [5.41, 5.74) is 0.141. The molecule has 0 heterocycles. The van der Waals surface area contributed by atoms with Crippen molar-refractivity contribution in [3.63, 3.8) is 0 Å². The smallest absolute Gasteiger partial charge is 0.422 e. The Kier molecular flexibility index (Phi) is 3.76. The van der Waals surface area contributed by atoms with Crippen LogP contribution in [0, 0.1) is 0 Å². The summed E-state index contributed by atoms with van der Waals surface area (Å²) in [7, 11) is 1.36. The van der Waals surface area contributed by atoms with Crippen molar-refractivity contribution in [2.24, 2.45) is 0 Å². The Morgan fingerprint density at radius 2 is 2.06 bits per heavy atom. The molecule has 0 aliphatic rings. The molecule has 0 spiro atoms. The first kappa shape index (κ1) is 12.4. The van der Waals surface area contributed by atoms with Crippen molar-refractivity contribution >= 4 is 6.29 Å². The maximum Gasteiger partial charge on any atom is 0.422 e. The van der Waals surface area contributed by atoms with E-state index in [1.165, 1.54) is 25.3 Å². The fraction of sp³-hybridized carbons (Fsp3) is 0.300. The summed E-state index contributed by atoms with van der Waals surface area (Å²) >= 11 is 0. The summed E-state index contributed by atoms with van der Waals surface area (Å²) in [5.74, 6) is 0.259. The molecule has 6 heteroatoms. The fourth-order valence-corrected chi connectivity index (χ4v) is 1.06. The molecule has 0 aliphatic heterocycles. The van der Waals surface area contributed by atoms with Gasteiger partial charge in [-0.25, -0.2) is 0 Å². The largest absolute Gasteiger partial charge is 0.496 e. The van der Waals surface area contributed by atoms with Crippen molar-refractivity contribution in [1.29, 1.82) is 0 Å². The van der Waals surface area contributed by atoms with Gasteiger partial charge in [-0.3, -0.25) is 4.79 Å². The quantitative estimate of drug-likeness (QED) is 0.750. The molecule has 0 saturated carbocycles. The molecule has 0 radical (unpaired) electrons. The molecular weight excluding hydrogens is 225 g/mol. The van der Waals surface area contributed by atoms with Crippen LogP contribution in [0.1, 0.15) is 10.4 Å². The molecule has 0 aromatic heterocycles. The molecule has 1 aromatic carbocycles. The topological polar surface area (TPSA) is 35.5 Å². The van der Waals surface area contributed by atoms with Crippen LogP contribution in [0.15, 0.2) is 18.2 Å². The van der Waals surface area contributed by atoms with Crippen molar-refractivity contribution in [2.45, 2.75) is 6.18 Å². The lowest BCUT2D eigenvalue weighted by atomic mass is 10.2. The number of halogens is 3. The second-order valence-electron chi connectivity index (χ2n) is 2.93. The van der Waals surface area contributed by atoms with Gasteiger partial charge in [0.05, 0.1) is 12.7 Å². The Morgan fingerprint density at radius 1 is 1.38 bits per heavy atom. The van der Waals surface area contributed by atoms with Crippen molar-refractivity contribution in [1.82, 2.24) is 0 Å². The van der Waals surface area contributed by atoms with E-state index in [-0.39, 0.29) is 17.1 Å². The van der Waals surface area contributed by atoms with Crippen LogP contribution in [0.25, 0.3) is 0 Å². The number of carbonyl (C=O) groups excluding carboxylic acids is 1. The number of hydrogen-bond donors (Lipinski definition) is 0. The van der Waals surface area contributed by atoms with Gasteiger partial charge in [-0.15, -0.1) is 0 Å². The van der Waals surface area contributed by atoms with Gasteiger partial charge in [0.15, 0.2) is 12.9 Å². The zero-order valence-electron chi connectivity index (χ0n) is 8.38. The Bertz CT molecular complexity index is 374. The van der Waals surface area contributed by atoms with Crippen LogP contribution in [0.2, 0.25) is 0 Å². The van der Waals surface area contributed by atoms with Crippen LogP contribution < -0.4 is 9.47 Å². The Hall–Kier alpha value is -1.72. The molecule has 0 saturated heterocycles. The molecule has 1 aromatic rings. The summed E-state index contributed by atoms with van der Waals surface area (Å²) in [6.07, 6.45) is -3.92. The van der Waals surface area contributed by atoms with Crippen LogP contribution in [0.5, 0.6) is 11.5 Å². The first-order valence-electron chi connectivity index (χ1n) is 4.29. The van der Waals surface area contributed by atoms with E-state index >= 15 is 0 Å². The second kappa shape index (κ2) is 4.87. The first-order valence-corrected chi connectivity index (χ1v) is 4.29. The third kappa shape index (κ3) is 3.45. The summed E-state index contributed by atoms with van der Waals surface area (Å²) in [4.78, 5) is 10.6. The highest BCUT2D eigenvalue weighted by Crippen LogP contribution is 2.24. The number of hydrogen-bond acceptors (Lipinski definition) is 3. The Labute approximate surface area is 89.8 Å². The maximum atomic E-state index is 11.8. The zero-order chi connectivity index (χ0) is 12.2. The summed E-state index contributed by atoms with van der Waals surface area (Å²) in [6.45, 7) is -1.39. The first-order chi connectivity index (χ1) is 7.46. The van der Waals surface area contributed by atoms with Crippen molar-refractivity contribution in [3.05, 3.63) is 23.8 Å². The molecule has 0 aliphatic carbocycles. The van der Waals surface area contributed by atoms with E-state index in [1.807, 2.05) is 0 Å². The predicted octanol–water partition coefficient (Wildman–Crippen LogP) is 2.45. The Balaban J connectivity index is 2.79. The van der Waals surface area contributed by atoms with Crippen molar-refractivity contribution in [3.8, 4) is 11.5 Å². The van der Waals surface area contributed by atoms with Crippen LogP contribution in [-0.4, -0.2) is 26.2 Å². The number of aldehydes is 1. The molecule has 1 rings (SSSR count). The van der Waals surface area contributed by atoms with E-state index in [1.54, 1.807) is 0 Å². The highest BCUT2D eigenvalue weighted by atomic mass is 19.4.